The van der Waals surface area contributed by atoms with Crippen LogP contribution < -0.4 is 4.90 Å². The quantitative estimate of drug-likeness (QED) is 0.935. The lowest BCUT2D eigenvalue weighted by molar-refractivity contribution is -0.141. The topological polar surface area (TPSA) is 73.7 Å². The summed E-state index contributed by atoms with van der Waals surface area (Å²) in [5.41, 5.74) is 1.41. The second kappa shape index (κ2) is 6.70. The number of carboxylic acids is 1. The summed E-state index contributed by atoms with van der Waals surface area (Å²) < 4.78 is 0. The Balaban J connectivity index is 1.77. The van der Waals surface area contributed by atoms with E-state index in [1.807, 2.05) is 42.3 Å². The first kappa shape index (κ1) is 16.0. The molecule has 6 nitrogen and oxygen atoms in total. The van der Waals surface area contributed by atoms with Gasteiger partial charge in [0.05, 0.1) is 5.56 Å². The minimum Gasteiger partial charge on any atom is -0.480 e. The zero-order valence-corrected chi connectivity index (χ0v) is 13.4. The number of likely N-dealkylation sites (tertiary alicyclic amines) is 1. The fraction of sp³-hybridized carbons (Fsp3) is 0.278. The smallest absolute Gasteiger partial charge is 0.326 e. The standard InChI is InChI=1S/C18H19N3O3/c1-20(14-6-3-2-4-7-14)16-10-9-13(12-19-16)17(22)21-11-5-8-15(21)18(23)24/h2-4,6-7,9-10,12,15H,5,8,11H2,1H3,(H,23,24)/t15-/m0/s1. The molecule has 1 atom stereocenters. The molecule has 6 heteroatoms. The SMILES string of the molecule is CN(c1ccccc1)c1ccc(C(=O)N2CCC[C@H]2C(=O)O)cn1. The average molecular weight is 325 g/mol. The number of aromatic nitrogens is 1. The highest BCUT2D eigenvalue weighted by atomic mass is 16.4. The second-order valence-corrected chi connectivity index (χ2v) is 5.79. The molecule has 1 fully saturated rings. The van der Waals surface area contributed by atoms with Crippen molar-refractivity contribution in [1.82, 2.24) is 9.88 Å². The van der Waals surface area contributed by atoms with E-state index < -0.39 is 12.0 Å². The van der Waals surface area contributed by atoms with Gasteiger partial charge in [0.25, 0.3) is 5.91 Å². The Hall–Kier alpha value is -2.89. The van der Waals surface area contributed by atoms with E-state index in [9.17, 15) is 14.7 Å². The molecule has 1 aliphatic rings. The van der Waals surface area contributed by atoms with Gasteiger partial charge in [0.2, 0.25) is 0 Å². The first-order valence-electron chi connectivity index (χ1n) is 7.86. The number of amides is 1. The van der Waals surface area contributed by atoms with Crippen LogP contribution in [-0.2, 0) is 4.79 Å². The van der Waals surface area contributed by atoms with E-state index in [0.717, 1.165) is 5.69 Å². The molecule has 1 N–H and O–H groups in total. The molecule has 1 aliphatic heterocycles. The summed E-state index contributed by atoms with van der Waals surface area (Å²) in [4.78, 5) is 31.4. The summed E-state index contributed by atoms with van der Waals surface area (Å²) in [5, 5.41) is 9.21. The summed E-state index contributed by atoms with van der Waals surface area (Å²) in [6.45, 7) is 0.474. The van der Waals surface area contributed by atoms with E-state index in [4.69, 9.17) is 0 Å². The van der Waals surface area contributed by atoms with Crippen LogP contribution in [0.4, 0.5) is 11.5 Å². The van der Waals surface area contributed by atoms with Crippen LogP contribution in [0.3, 0.4) is 0 Å². The molecule has 0 bridgehead atoms. The molecule has 0 spiro atoms. The van der Waals surface area contributed by atoms with Crippen LogP contribution in [0, 0.1) is 0 Å². The molecular formula is C18H19N3O3. The predicted octanol–water partition coefficient (Wildman–Crippen LogP) is 2.54. The maximum Gasteiger partial charge on any atom is 0.326 e. The molecule has 124 valence electrons. The van der Waals surface area contributed by atoms with Crippen molar-refractivity contribution >= 4 is 23.4 Å². The number of carbonyl (C=O) groups excluding carboxylic acids is 1. The zero-order valence-electron chi connectivity index (χ0n) is 13.4. The Bertz CT molecular complexity index is 731. The first-order valence-corrected chi connectivity index (χ1v) is 7.86. The number of carbonyl (C=O) groups is 2. The van der Waals surface area contributed by atoms with Gasteiger partial charge in [0.15, 0.2) is 0 Å². The third-order valence-corrected chi connectivity index (χ3v) is 4.28. The molecule has 0 aliphatic carbocycles. The van der Waals surface area contributed by atoms with Crippen molar-refractivity contribution in [3.63, 3.8) is 0 Å². The first-order chi connectivity index (χ1) is 11.6. The molecular weight excluding hydrogens is 306 g/mol. The molecule has 1 saturated heterocycles. The van der Waals surface area contributed by atoms with Crippen molar-refractivity contribution in [3.8, 4) is 0 Å². The number of rotatable bonds is 4. The van der Waals surface area contributed by atoms with E-state index >= 15 is 0 Å². The van der Waals surface area contributed by atoms with Crippen molar-refractivity contribution in [2.24, 2.45) is 0 Å². The second-order valence-electron chi connectivity index (χ2n) is 5.79. The van der Waals surface area contributed by atoms with Gasteiger partial charge in [-0.25, -0.2) is 9.78 Å². The lowest BCUT2D eigenvalue weighted by atomic mass is 10.2. The Kier molecular flexibility index (Phi) is 4.46. The van der Waals surface area contributed by atoms with E-state index in [1.54, 1.807) is 12.1 Å². The maximum absolute atomic E-state index is 12.5. The molecule has 0 saturated carbocycles. The molecule has 3 rings (SSSR count). The lowest BCUT2D eigenvalue weighted by Gasteiger charge is -2.22. The monoisotopic (exact) mass is 325 g/mol. The van der Waals surface area contributed by atoms with Gasteiger partial charge in [-0.2, -0.15) is 0 Å². The van der Waals surface area contributed by atoms with E-state index in [1.165, 1.54) is 11.1 Å². The normalized spacial score (nSPS) is 16.9. The van der Waals surface area contributed by atoms with Crippen molar-refractivity contribution in [3.05, 3.63) is 54.2 Å². The Labute approximate surface area is 140 Å². The summed E-state index contributed by atoms with van der Waals surface area (Å²) in [5.74, 6) is -0.510. The third kappa shape index (κ3) is 3.08. The molecule has 1 aromatic carbocycles. The predicted molar refractivity (Wildman–Crippen MR) is 90.4 cm³/mol. The van der Waals surface area contributed by atoms with Gasteiger partial charge >= 0.3 is 5.97 Å². The summed E-state index contributed by atoms with van der Waals surface area (Å²) in [6, 6.07) is 12.5. The highest BCUT2D eigenvalue weighted by Gasteiger charge is 2.34. The number of pyridine rings is 1. The molecule has 0 unspecified atom stereocenters. The molecule has 1 amide bonds. The minimum atomic E-state index is -0.950. The largest absolute Gasteiger partial charge is 0.480 e. The van der Waals surface area contributed by atoms with Gasteiger partial charge in [0.1, 0.15) is 11.9 Å². The Morgan fingerprint density at radius 3 is 2.58 bits per heavy atom. The number of hydrogen-bond donors (Lipinski definition) is 1. The summed E-state index contributed by atoms with van der Waals surface area (Å²) in [7, 11) is 1.90. The number of anilines is 2. The number of aliphatic carboxylic acids is 1. The van der Waals surface area contributed by atoms with Gasteiger partial charge in [-0.3, -0.25) is 4.79 Å². The number of hydrogen-bond acceptors (Lipinski definition) is 4. The number of benzene rings is 1. The average Bonchev–Trinajstić information content (AvgIpc) is 3.11. The van der Waals surface area contributed by atoms with Crippen LogP contribution in [0.15, 0.2) is 48.7 Å². The number of carboxylic acid groups (broad SMARTS) is 1. The van der Waals surface area contributed by atoms with E-state index in [2.05, 4.69) is 4.98 Å². The highest BCUT2D eigenvalue weighted by Crippen LogP contribution is 2.23. The number of nitrogens with zero attached hydrogens (tertiary/aromatic N) is 3. The van der Waals surface area contributed by atoms with Crippen LogP contribution in [-0.4, -0.2) is 46.5 Å². The van der Waals surface area contributed by atoms with Gasteiger partial charge < -0.3 is 14.9 Å². The van der Waals surface area contributed by atoms with Crippen LogP contribution in [0.2, 0.25) is 0 Å². The van der Waals surface area contributed by atoms with Crippen molar-refractivity contribution in [2.45, 2.75) is 18.9 Å². The van der Waals surface area contributed by atoms with Crippen LogP contribution in [0.1, 0.15) is 23.2 Å². The molecule has 1 aromatic heterocycles. The van der Waals surface area contributed by atoms with E-state index in [0.29, 0.717) is 30.8 Å². The van der Waals surface area contributed by atoms with E-state index in [-0.39, 0.29) is 5.91 Å². The van der Waals surface area contributed by atoms with Crippen molar-refractivity contribution in [1.29, 1.82) is 0 Å². The highest BCUT2D eigenvalue weighted by molar-refractivity contribution is 5.96. The summed E-state index contributed by atoms with van der Waals surface area (Å²) in [6.07, 6.45) is 2.72. The van der Waals surface area contributed by atoms with Gasteiger partial charge in [0, 0.05) is 25.5 Å². The summed E-state index contributed by atoms with van der Waals surface area (Å²) >= 11 is 0. The lowest BCUT2D eigenvalue weighted by Crippen LogP contribution is -2.40. The van der Waals surface area contributed by atoms with Crippen LogP contribution >= 0.6 is 0 Å². The van der Waals surface area contributed by atoms with Crippen LogP contribution in [0.5, 0.6) is 0 Å². The van der Waals surface area contributed by atoms with Gasteiger partial charge in [-0.05, 0) is 37.1 Å². The molecule has 0 radical (unpaired) electrons. The van der Waals surface area contributed by atoms with Crippen molar-refractivity contribution in [2.75, 3.05) is 18.5 Å². The fourth-order valence-electron chi connectivity index (χ4n) is 2.93. The van der Waals surface area contributed by atoms with Crippen molar-refractivity contribution < 1.29 is 14.7 Å². The minimum absolute atomic E-state index is 0.277. The fourth-order valence-corrected chi connectivity index (χ4v) is 2.93. The molecule has 2 aromatic rings. The maximum atomic E-state index is 12.5. The van der Waals surface area contributed by atoms with Gasteiger partial charge in [-0.15, -0.1) is 0 Å². The number of para-hydroxylation sites is 1. The molecule has 2 heterocycles. The Morgan fingerprint density at radius 1 is 1.21 bits per heavy atom. The Morgan fingerprint density at radius 2 is 1.96 bits per heavy atom. The van der Waals surface area contributed by atoms with Crippen LogP contribution in [0.25, 0.3) is 0 Å². The van der Waals surface area contributed by atoms with Gasteiger partial charge in [-0.1, -0.05) is 18.2 Å². The molecule has 24 heavy (non-hydrogen) atoms. The zero-order chi connectivity index (χ0) is 17.1. The third-order valence-electron chi connectivity index (χ3n) is 4.28.